The first kappa shape index (κ1) is 19.3. The third-order valence-corrected chi connectivity index (χ3v) is 3.29. The molecule has 0 aliphatic carbocycles. The number of nitrogens with one attached hydrogen (secondary N) is 1. The van der Waals surface area contributed by atoms with Crippen LogP contribution in [0.5, 0.6) is 0 Å². The van der Waals surface area contributed by atoms with E-state index in [0.29, 0.717) is 22.5 Å². The van der Waals surface area contributed by atoms with Gasteiger partial charge in [0.15, 0.2) is 0 Å². The first-order valence-electron chi connectivity index (χ1n) is 7.88. The number of dihydropyridines is 1. The fourth-order valence-electron chi connectivity index (χ4n) is 2.54. The number of rotatable bonds is 2. The molecule has 0 aromatic heterocycles. The minimum atomic E-state index is -0.591. The van der Waals surface area contributed by atoms with Crippen LogP contribution in [-0.4, -0.2) is 23.1 Å². The predicted octanol–water partition coefficient (Wildman–Crippen LogP) is 3.46. The minimum absolute atomic E-state index is 0.388. The number of hydrogen-bond acceptors (Lipinski definition) is 5. The molecule has 0 aromatic carbocycles. The molecule has 5 nitrogen and oxygen atoms in total. The van der Waals surface area contributed by atoms with Crippen molar-refractivity contribution in [2.45, 2.75) is 73.5 Å². The number of carbonyl (C=O) groups is 2. The van der Waals surface area contributed by atoms with Gasteiger partial charge in [0.05, 0.1) is 11.1 Å². The largest absolute Gasteiger partial charge is 0.457 e. The molecule has 0 radical (unpaired) electrons. The van der Waals surface area contributed by atoms with Crippen molar-refractivity contribution in [3.63, 3.8) is 0 Å². The van der Waals surface area contributed by atoms with Gasteiger partial charge in [-0.15, -0.1) is 0 Å². The molecule has 1 aliphatic rings. The molecule has 0 fully saturated rings. The molecule has 0 saturated carbocycles. The molecule has 1 rings (SSSR count). The number of carbonyl (C=O) groups excluding carboxylic acids is 2. The van der Waals surface area contributed by atoms with Gasteiger partial charge in [-0.25, -0.2) is 9.59 Å². The van der Waals surface area contributed by atoms with Crippen molar-refractivity contribution in [2.24, 2.45) is 5.92 Å². The van der Waals surface area contributed by atoms with Crippen LogP contribution >= 0.6 is 0 Å². The second kappa shape index (κ2) is 6.38. The first-order valence-corrected chi connectivity index (χ1v) is 7.88. The molecule has 1 aliphatic heterocycles. The lowest BCUT2D eigenvalue weighted by atomic mass is 9.87. The molecule has 0 saturated heterocycles. The van der Waals surface area contributed by atoms with Gasteiger partial charge in [-0.05, 0) is 55.4 Å². The molecular weight excluding hydrogens is 294 g/mol. The van der Waals surface area contributed by atoms with Gasteiger partial charge in [-0.3, -0.25) is 0 Å². The van der Waals surface area contributed by atoms with E-state index in [0.717, 1.165) is 0 Å². The van der Waals surface area contributed by atoms with Crippen LogP contribution in [0.2, 0.25) is 0 Å². The topological polar surface area (TPSA) is 64.6 Å². The average molecular weight is 323 g/mol. The van der Waals surface area contributed by atoms with Gasteiger partial charge in [0, 0.05) is 17.3 Å². The molecule has 0 spiro atoms. The van der Waals surface area contributed by atoms with Crippen LogP contribution in [0.3, 0.4) is 0 Å². The summed E-state index contributed by atoms with van der Waals surface area (Å²) in [5.41, 5.74) is 1.16. The van der Waals surface area contributed by atoms with Crippen molar-refractivity contribution < 1.29 is 19.1 Å². The van der Waals surface area contributed by atoms with E-state index in [2.05, 4.69) is 5.32 Å². The Bertz CT molecular complexity index is 521. The van der Waals surface area contributed by atoms with E-state index in [1.165, 1.54) is 0 Å². The molecule has 23 heavy (non-hydrogen) atoms. The third-order valence-electron chi connectivity index (χ3n) is 3.29. The van der Waals surface area contributed by atoms with Crippen molar-refractivity contribution in [1.29, 1.82) is 0 Å². The lowest BCUT2D eigenvalue weighted by Gasteiger charge is -2.31. The first-order chi connectivity index (χ1) is 10.2. The summed E-state index contributed by atoms with van der Waals surface area (Å²) in [6, 6.07) is 0. The summed E-state index contributed by atoms with van der Waals surface area (Å²) in [5, 5.41) is 3.10. The molecule has 0 bridgehead atoms. The van der Waals surface area contributed by atoms with Crippen LogP contribution in [-0.2, 0) is 19.1 Å². The fourth-order valence-corrected chi connectivity index (χ4v) is 2.54. The molecule has 1 N–H and O–H groups in total. The van der Waals surface area contributed by atoms with Crippen LogP contribution in [0.25, 0.3) is 0 Å². The van der Waals surface area contributed by atoms with Gasteiger partial charge in [-0.2, -0.15) is 0 Å². The quantitative estimate of drug-likeness (QED) is 0.788. The summed E-state index contributed by atoms with van der Waals surface area (Å²) in [6.45, 7) is 16.3. The van der Waals surface area contributed by atoms with Gasteiger partial charge in [-0.1, -0.05) is 6.92 Å². The molecule has 1 heterocycles. The van der Waals surface area contributed by atoms with Gasteiger partial charge in [0.2, 0.25) is 0 Å². The summed E-state index contributed by atoms with van der Waals surface area (Å²) in [4.78, 5) is 25.0. The van der Waals surface area contributed by atoms with Crippen molar-refractivity contribution >= 4 is 11.9 Å². The number of esters is 2. The van der Waals surface area contributed by atoms with Crippen molar-refractivity contribution in [1.82, 2.24) is 5.32 Å². The van der Waals surface area contributed by atoms with Crippen LogP contribution in [0.1, 0.15) is 62.3 Å². The van der Waals surface area contributed by atoms with Gasteiger partial charge >= 0.3 is 11.9 Å². The molecule has 5 heteroatoms. The van der Waals surface area contributed by atoms with E-state index in [1.807, 2.05) is 62.3 Å². The molecule has 0 unspecified atom stereocenters. The summed E-state index contributed by atoms with van der Waals surface area (Å²) >= 11 is 0. The van der Waals surface area contributed by atoms with Crippen LogP contribution in [0, 0.1) is 5.92 Å². The van der Waals surface area contributed by atoms with Gasteiger partial charge in [0.25, 0.3) is 0 Å². The minimum Gasteiger partial charge on any atom is -0.457 e. The third kappa shape index (κ3) is 5.12. The highest BCUT2D eigenvalue weighted by Crippen LogP contribution is 2.32. The highest BCUT2D eigenvalue weighted by Gasteiger charge is 2.36. The Morgan fingerprint density at radius 1 is 0.826 bits per heavy atom. The van der Waals surface area contributed by atoms with E-state index >= 15 is 0 Å². The maximum Gasteiger partial charge on any atom is 0.336 e. The number of hydrogen-bond donors (Lipinski definition) is 1. The number of allylic oxidation sites excluding steroid dienone is 2. The zero-order valence-electron chi connectivity index (χ0n) is 15.7. The van der Waals surface area contributed by atoms with E-state index in [4.69, 9.17) is 9.47 Å². The Morgan fingerprint density at radius 2 is 1.13 bits per heavy atom. The van der Waals surface area contributed by atoms with Crippen LogP contribution < -0.4 is 5.32 Å². The van der Waals surface area contributed by atoms with E-state index in [9.17, 15) is 9.59 Å². The lowest BCUT2D eigenvalue weighted by molar-refractivity contribution is -0.151. The van der Waals surface area contributed by atoms with E-state index < -0.39 is 23.1 Å². The maximum atomic E-state index is 12.5. The fraction of sp³-hybridized carbons (Fsp3) is 0.667. The lowest BCUT2D eigenvalue weighted by Crippen LogP contribution is -2.36. The Labute approximate surface area is 139 Å². The summed E-state index contributed by atoms with van der Waals surface area (Å²) in [7, 11) is 0. The Hall–Kier alpha value is -1.78. The van der Waals surface area contributed by atoms with Crippen molar-refractivity contribution in [3.05, 3.63) is 22.5 Å². The predicted molar refractivity (Wildman–Crippen MR) is 89.4 cm³/mol. The van der Waals surface area contributed by atoms with Crippen molar-refractivity contribution in [2.75, 3.05) is 0 Å². The molecule has 0 aromatic rings. The highest BCUT2D eigenvalue weighted by molar-refractivity contribution is 5.97. The normalized spacial score (nSPS) is 17.1. The average Bonchev–Trinajstić information content (AvgIpc) is 2.21. The standard InChI is InChI=1S/C18H29NO4/c1-10-13(15(20)22-17(4,5)6)11(2)19-12(3)14(10)16(21)23-18(7,8)9/h10,19H,1-9H3. The molecule has 130 valence electrons. The van der Waals surface area contributed by atoms with E-state index in [1.54, 1.807) is 0 Å². The second-order valence-corrected chi connectivity index (χ2v) is 7.93. The second-order valence-electron chi connectivity index (χ2n) is 7.93. The summed E-state index contributed by atoms with van der Waals surface area (Å²) in [6.07, 6.45) is 0. The highest BCUT2D eigenvalue weighted by atomic mass is 16.6. The molecular formula is C18H29NO4. The van der Waals surface area contributed by atoms with Crippen LogP contribution in [0.4, 0.5) is 0 Å². The summed E-state index contributed by atoms with van der Waals surface area (Å²) in [5.74, 6) is -1.21. The Balaban J connectivity index is 3.12. The Morgan fingerprint density at radius 3 is 1.39 bits per heavy atom. The van der Waals surface area contributed by atoms with Gasteiger partial charge < -0.3 is 14.8 Å². The zero-order valence-corrected chi connectivity index (χ0v) is 15.7. The SMILES string of the molecule is CC1=C(C(=O)OC(C)(C)C)C(C)C(C(=O)OC(C)(C)C)=C(C)N1. The number of ether oxygens (including phenoxy) is 2. The molecule has 0 amide bonds. The smallest absolute Gasteiger partial charge is 0.336 e. The van der Waals surface area contributed by atoms with Crippen molar-refractivity contribution in [3.8, 4) is 0 Å². The van der Waals surface area contributed by atoms with Crippen LogP contribution in [0.15, 0.2) is 22.5 Å². The summed E-state index contributed by atoms with van der Waals surface area (Å²) < 4.78 is 10.9. The monoisotopic (exact) mass is 323 g/mol. The maximum absolute atomic E-state index is 12.5. The zero-order chi connectivity index (χ0) is 18.2. The van der Waals surface area contributed by atoms with E-state index in [-0.39, 0.29) is 5.92 Å². The molecule has 0 atom stereocenters. The Kier molecular flexibility index (Phi) is 5.34. The van der Waals surface area contributed by atoms with Gasteiger partial charge in [0.1, 0.15) is 11.2 Å².